The van der Waals surface area contributed by atoms with Crippen molar-refractivity contribution in [1.29, 1.82) is 0 Å². The lowest BCUT2D eigenvalue weighted by atomic mass is 9.99. The van der Waals surface area contributed by atoms with Crippen LogP contribution in [0.25, 0.3) is 0 Å². The third-order valence-corrected chi connectivity index (χ3v) is 5.06. The van der Waals surface area contributed by atoms with Crippen molar-refractivity contribution in [1.82, 2.24) is 10.2 Å². The number of hydrogen-bond acceptors (Lipinski definition) is 2. The molecule has 1 N–H and O–H groups in total. The van der Waals surface area contributed by atoms with E-state index in [1.165, 1.54) is 5.56 Å². The van der Waals surface area contributed by atoms with Crippen LogP contribution in [0.15, 0.2) is 30.3 Å². The number of rotatable bonds is 3. The number of amides is 1. The zero-order chi connectivity index (χ0) is 14.5. The minimum Gasteiger partial charge on any atom is -0.318 e. The fraction of sp³-hybridized carbons (Fsp3) is 0.588. The number of hydrogen-bond donors (Lipinski definition) is 1. The zero-order valence-electron chi connectivity index (χ0n) is 12.8. The molecule has 3 rings (SSSR count). The predicted molar refractivity (Wildman–Crippen MR) is 80.0 cm³/mol. The predicted octanol–water partition coefficient (Wildman–Crippen LogP) is 3.08. The number of carbonyl (C=O) groups excluding carboxylic acids is 1. The first kappa shape index (κ1) is 13.6. The van der Waals surface area contributed by atoms with Gasteiger partial charge in [-0.25, -0.2) is 0 Å². The molecule has 20 heavy (non-hydrogen) atoms. The van der Waals surface area contributed by atoms with Gasteiger partial charge in [0.05, 0.1) is 5.54 Å². The summed E-state index contributed by atoms with van der Waals surface area (Å²) in [6, 6.07) is 10.7. The fourth-order valence-electron chi connectivity index (χ4n) is 3.20. The van der Waals surface area contributed by atoms with Crippen molar-refractivity contribution in [3.8, 4) is 0 Å². The summed E-state index contributed by atoms with van der Waals surface area (Å²) in [6.45, 7) is 8.60. The van der Waals surface area contributed by atoms with Crippen LogP contribution in [-0.4, -0.2) is 22.4 Å². The van der Waals surface area contributed by atoms with E-state index in [4.69, 9.17) is 0 Å². The topological polar surface area (TPSA) is 32.3 Å². The number of benzene rings is 1. The summed E-state index contributed by atoms with van der Waals surface area (Å²) in [5, 5.41) is 3.57. The highest BCUT2D eigenvalue weighted by molar-refractivity contribution is 5.89. The first-order valence-corrected chi connectivity index (χ1v) is 7.54. The lowest BCUT2D eigenvalue weighted by molar-refractivity contribution is -0.134. The first-order chi connectivity index (χ1) is 9.39. The Balaban J connectivity index is 1.97. The van der Waals surface area contributed by atoms with Crippen LogP contribution >= 0.6 is 0 Å². The molecule has 3 nitrogen and oxygen atoms in total. The second kappa shape index (κ2) is 4.32. The maximum absolute atomic E-state index is 12.9. The monoisotopic (exact) mass is 272 g/mol. The summed E-state index contributed by atoms with van der Waals surface area (Å²) < 4.78 is 0. The molecule has 2 fully saturated rings. The summed E-state index contributed by atoms with van der Waals surface area (Å²) in [7, 11) is 0. The van der Waals surface area contributed by atoms with E-state index in [1.54, 1.807) is 0 Å². The Kier molecular flexibility index (Phi) is 2.94. The SMILES string of the molecule is CCC1(C)NC(c2ccccc2)N(C2CC2(C)C)C1=O. The third-order valence-electron chi connectivity index (χ3n) is 5.06. The smallest absolute Gasteiger partial charge is 0.244 e. The van der Waals surface area contributed by atoms with E-state index in [1.807, 2.05) is 25.1 Å². The molecule has 3 unspecified atom stereocenters. The Morgan fingerprint density at radius 2 is 1.85 bits per heavy atom. The molecule has 0 radical (unpaired) electrons. The highest BCUT2D eigenvalue weighted by atomic mass is 16.2. The molecule has 0 spiro atoms. The van der Waals surface area contributed by atoms with Gasteiger partial charge in [0.1, 0.15) is 6.17 Å². The van der Waals surface area contributed by atoms with Crippen LogP contribution in [0.1, 0.15) is 52.3 Å². The number of nitrogens with zero attached hydrogens (tertiary/aromatic N) is 1. The van der Waals surface area contributed by atoms with Crippen molar-refractivity contribution in [2.75, 3.05) is 0 Å². The van der Waals surface area contributed by atoms with Gasteiger partial charge in [-0.1, -0.05) is 51.1 Å². The lowest BCUT2D eigenvalue weighted by Crippen LogP contribution is -2.43. The standard InChI is InChI=1S/C17H24N2O/c1-5-17(4)15(20)19(13-11-16(13,2)3)14(18-17)12-9-7-6-8-10-12/h6-10,13-14,18H,5,11H2,1-4H3. The van der Waals surface area contributed by atoms with Crippen LogP contribution in [0.5, 0.6) is 0 Å². The molecule has 1 aliphatic carbocycles. The van der Waals surface area contributed by atoms with Gasteiger partial charge in [-0.3, -0.25) is 10.1 Å². The third kappa shape index (κ3) is 1.96. The largest absolute Gasteiger partial charge is 0.318 e. The second-order valence-electron chi connectivity index (χ2n) is 7.06. The van der Waals surface area contributed by atoms with E-state index in [2.05, 4.69) is 43.1 Å². The van der Waals surface area contributed by atoms with Gasteiger partial charge in [0, 0.05) is 6.04 Å². The van der Waals surface area contributed by atoms with Crippen LogP contribution in [-0.2, 0) is 4.79 Å². The Bertz CT molecular complexity index is 525. The van der Waals surface area contributed by atoms with Crippen LogP contribution in [0.3, 0.4) is 0 Å². The minimum atomic E-state index is -0.431. The summed E-state index contributed by atoms with van der Waals surface area (Å²) in [6.07, 6.45) is 1.93. The van der Waals surface area contributed by atoms with Crippen LogP contribution < -0.4 is 5.32 Å². The Morgan fingerprint density at radius 1 is 1.25 bits per heavy atom. The van der Waals surface area contributed by atoms with Crippen molar-refractivity contribution >= 4 is 5.91 Å². The molecular formula is C17H24N2O. The molecular weight excluding hydrogens is 248 g/mol. The van der Waals surface area contributed by atoms with Gasteiger partial charge in [-0.2, -0.15) is 0 Å². The van der Waals surface area contributed by atoms with Crippen molar-refractivity contribution in [2.45, 2.75) is 58.3 Å². The summed E-state index contributed by atoms with van der Waals surface area (Å²) in [5.74, 6) is 0.254. The molecule has 1 amide bonds. The summed E-state index contributed by atoms with van der Waals surface area (Å²) >= 11 is 0. The Morgan fingerprint density at radius 3 is 2.35 bits per heavy atom. The molecule has 1 aliphatic heterocycles. The molecule has 1 saturated carbocycles. The molecule has 3 heteroatoms. The van der Waals surface area contributed by atoms with Crippen LogP contribution in [0.2, 0.25) is 0 Å². The molecule has 2 aliphatic rings. The minimum absolute atomic E-state index is 0.0143. The van der Waals surface area contributed by atoms with E-state index in [0.717, 1.165) is 12.8 Å². The van der Waals surface area contributed by atoms with Crippen molar-refractivity contribution in [2.24, 2.45) is 5.41 Å². The normalized spacial score (nSPS) is 35.4. The van der Waals surface area contributed by atoms with E-state index < -0.39 is 5.54 Å². The second-order valence-corrected chi connectivity index (χ2v) is 7.06. The maximum Gasteiger partial charge on any atom is 0.244 e. The van der Waals surface area contributed by atoms with Gasteiger partial charge >= 0.3 is 0 Å². The zero-order valence-corrected chi connectivity index (χ0v) is 12.8. The fourth-order valence-corrected chi connectivity index (χ4v) is 3.20. The Labute approximate surface area is 121 Å². The molecule has 3 atom stereocenters. The number of carbonyl (C=O) groups is 1. The quantitative estimate of drug-likeness (QED) is 0.917. The average molecular weight is 272 g/mol. The van der Waals surface area contributed by atoms with Crippen LogP contribution in [0, 0.1) is 5.41 Å². The first-order valence-electron chi connectivity index (χ1n) is 7.54. The number of nitrogens with one attached hydrogen (secondary N) is 1. The van der Waals surface area contributed by atoms with Gasteiger partial charge in [0.25, 0.3) is 0 Å². The highest BCUT2D eigenvalue weighted by Crippen LogP contribution is 2.53. The molecule has 1 heterocycles. The molecule has 108 valence electrons. The van der Waals surface area contributed by atoms with Gasteiger partial charge in [-0.05, 0) is 30.7 Å². The van der Waals surface area contributed by atoms with E-state index >= 15 is 0 Å². The van der Waals surface area contributed by atoms with Gasteiger partial charge in [0.15, 0.2) is 0 Å². The van der Waals surface area contributed by atoms with Crippen LogP contribution in [0.4, 0.5) is 0 Å². The Hall–Kier alpha value is -1.35. The van der Waals surface area contributed by atoms with Gasteiger partial charge in [0.2, 0.25) is 5.91 Å². The van der Waals surface area contributed by atoms with Gasteiger partial charge < -0.3 is 4.90 Å². The molecule has 0 aromatic heterocycles. The maximum atomic E-state index is 12.9. The average Bonchev–Trinajstić information content (AvgIpc) is 2.97. The summed E-state index contributed by atoms with van der Waals surface area (Å²) in [4.78, 5) is 15.0. The van der Waals surface area contributed by atoms with Gasteiger partial charge in [-0.15, -0.1) is 0 Å². The van der Waals surface area contributed by atoms with E-state index in [-0.39, 0.29) is 17.5 Å². The molecule has 0 bridgehead atoms. The van der Waals surface area contributed by atoms with Crippen molar-refractivity contribution in [3.63, 3.8) is 0 Å². The lowest BCUT2D eigenvalue weighted by Gasteiger charge is -2.26. The van der Waals surface area contributed by atoms with Crippen molar-refractivity contribution < 1.29 is 4.79 Å². The van der Waals surface area contributed by atoms with E-state index in [9.17, 15) is 4.79 Å². The van der Waals surface area contributed by atoms with E-state index in [0.29, 0.717) is 6.04 Å². The highest BCUT2D eigenvalue weighted by Gasteiger charge is 2.59. The molecule has 1 saturated heterocycles. The molecule has 1 aromatic carbocycles. The molecule has 1 aromatic rings. The van der Waals surface area contributed by atoms with Crippen molar-refractivity contribution in [3.05, 3.63) is 35.9 Å². The summed E-state index contributed by atoms with van der Waals surface area (Å²) in [5.41, 5.74) is 1.00.